The van der Waals surface area contributed by atoms with Crippen LogP contribution in [0.15, 0.2) is 48.8 Å². The van der Waals surface area contributed by atoms with Gasteiger partial charge in [0.15, 0.2) is 11.2 Å². The molecule has 0 bridgehead atoms. The molecule has 0 radical (unpaired) electrons. The van der Waals surface area contributed by atoms with Crippen LogP contribution >= 0.6 is 11.6 Å². The molecule has 176 valence electrons. The van der Waals surface area contributed by atoms with Crippen molar-refractivity contribution in [2.24, 2.45) is 5.41 Å². The summed E-state index contributed by atoms with van der Waals surface area (Å²) in [5.74, 6) is 2.26. The summed E-state index contributed by atoms with van der Waals surface area (Å²) in [5, 5.41) is 5.10. The maximum absolute atomic E-state index is 6.26. The Morgan fingerprint density at radius 2 is 1.79 bits per heavy atom. The molecule has 3 aromatic heterocycles. The molecule has 0 N–H and O–H groups in total. The Morgan fingerprint density at radius 1 is 1.03 bits per heavy atom. The summed E-state index contributed by atoms with van der Waals surface area (Å²) >= 11 is 6.26. The first-order chi connectivity index (χ1) is 16.4. The third-order valence-electron chi connectivity index (χ3n) is 6.25. The molecular formula is C25H27ClN6O2. The van der Waals surface area contributed by atoms with Gasteiger partial charge in [0.1, 0.15) is 16.6 Å². The van der Waals surface area contributed by atoms with Crippen molar-refractivity contribution in [1.29, 1.82) is 0 Å². The lowest BCUT2D eigenvalue weighted by atomic mass is 9.83. The maximum Gasteiger partial charge on any atom is 0.268 e. The van der Waals surface area contributed by atoms with E-state index in [2.05, 4.69) is 23.7 Å². The highest BCUT2D eigenvalue weighted by Crippen LogP contribution is 2.34. The van der Waals surface area contributed by atoms with Crippen molar-refractivity contribution in [2.45, 2.75) is 33.2 Å². The molecule has 0 atom stereocenters. The lowest BCUT2D eigenvalue weighted by Crippen LogP contribution is -2.37. The number of piperidine rings is 1. The molecule has 9 heteroatoms. The highest BCUT2D eigenvalue weighted by Gasteiger charge is 2.27. The Balaban J connectivity index is 1.52. The standard InChI is InChI=1S/C25H27ClN6O2/c1-25(2)10-13-31(14-11-25)20-15-28-21-22(29-20)32(16-17-6-8-18(33-3)9-7-17)30-24(21)34-23-19(26)5-4-12-27-23/h4-9,12,15H,10-11,13-14,16H2,1-3H3. The Labute approximate surface area is 203 Å². The molecular weight excluding hydrogens is 452 g/mol. The smallest absolute Gasteiger partial charge is 0.268 e. The average Bonchev–Trinajstić information content (AvgIpc) is 3.17. The fourth-order valence-electron chi connectivity index (χ4n) is 4.02. The second-order valence-corrected chi connectivity index (χ2v) is 9.66. The maximum atomic E-state index is 6.26. The van der Waals surface area contributed by atoms with Gasteiger partial charge in [-0.15, -0.1) is 5.10 Å². The van der Waals surface area contributed by atoms with E-state index in [1.165, 1.54) is 0 Å². The minimum Gasteiger partial charge on any atom is -0.497 e. The molecule has 1 aromatic carbocycles. The van der Waals surface area contributed by atoms with Crippen molar-refractivity contribution in [3.05, 3.63) is 59.4 Å². The number of benzene rings is 1. The van der Waals surface area contributed by atoms with Gasteiger partial charge in [-0.3, -0.25) is 0 Å². The number of pyridine rings is 1. The van der Waals surface area contributed by atoms with E-state index in [1.807, 2.05) is 28.9 Å². The van der Waals surface area contributed by atoms with Crippen LogP contribution in [-0.4, -0.2) is 44.9 Å². The van der Waals surface area contributed by atoms with E-state index in [-0.39, 0.29) is 5.88 Å². The number of hydrogen-bond donors (Lipinski definition) is 0. The topological polar surface area (TPSA) is 78.2 Å². The summed E-state index contributed by atoms with van der Waals surface area (Å²) in [6.45, 7) is 7.04. The first kappa shape index (κ1) is 22.4. The summed E-state index contributed by atoms with van der Waals surface area (Å²) in [4.78, 5) is 16.2. The molecule has 0 saturated carbocycles. The quantitative estimate of drug-likeness (QED) is 0.369. The highest BCUT2D eigenvalue weighted by molar-refractivity contribution is 6.31. The molecule has 0 spiro atoms. The molecule has 34 heavy (non-hydrogen) atoms. The number of fused-ring (bicyclic) bond motifs is 1. The molecule has 1 aliphatic heterocycles. The molecule has 4 aromatic rings. The minimum atomic E-state index is 0.282. The number of hydrogen-bond acceptors (Lipinski definition) is 7. The number of ether oxygens (including phenoxy) is 2. The van der Waals surface area contributed by atoms with Gasteiger partial charge in [-0.1, -0.05) is 37.6 Å². The first-order valence-corrected chi connectivity index (χ1v) is 11.7. The van der Waals surface area contributed by atoms with E-state index in [9.17, 15) is 0 Å². The van der Waals surface area contributed by atoms with Crippen LogP contribution in [0.4, 0.5) is 5.82 Å². The van der Waals surface area contributed by atoms with E-state index in [4.69, 9.17) is 36.1 Å². The van der Waals surface area contributed by atoms with E-state index < -0.39 is 0 Å². The summed E-state index contributed by atoms with van der Waals surface area (Å²) in [6, 6.07) is 11.3. The lowest BCUT2D eigenvalue weighted by molar-refractivity contribution is 0.279. The van der Waals surface area contributed by atoms with E-state index in [1.54, 1.807) is 31.6 Å². The van der Waals surface area contributed by atoms with E-state index in [0.29, 0.717) is 34.0 Å². The third-order valence-corrected chi connectivity index (χ3v) is 6.54. The van der Waals surface area contributed by atoms with Crippen LogP contribution in [0, 0.1) is 5.41 Å². The van der Waals surface area contributed by atoms with Crippen molar-refractivity contribution >= 4 is 28.6 Å². The predicted octanol–water partition coefficient (Wildman–Crippen LogP) is 5.35. The Morgan fingerprint density at radius 3 is 2.50 bits per heavy atom. The number of nitrogens with zero attached hydrogens (tertiary/aromatic N) is 6. The fourth-order valence-corrected chi connectivity index (χ4v) is 4.18. The lowest BCUT2D eigenvalue weighted by Gasteiger charge is -2.37. The highest BCUT2D eigenvalue weighted by atomic mass is 35.5. The van der Waals surface area contributed by atoms with Crippen LogP contribution in [0.2, 0.25) is 5.02 Å². The second kappa shape index (κ2) is 9.10. The van der Waals surface area contributed by atoms with Crippen molar-refractivity contribution < 1.29 is 9.47 Å². The van der Waals surface area contributed by atoms with Crippen LogP contribution in [0.1, 0.15) is 32.3 Å². The first-order valence-electron chi connectivity index (χ1n) is 11.3. The molecule has 5 rings (SSSR count). The van der Waals surface area contributed by atoms with Crippen molar-refractivity contribution in [1.82, 2.24) is 24.7 Å². The van der Waals surface area contributed by atoms with Crippen molar-refractivity contribution in [2.75, 3.05) is 25.1 Å². The zero-order valence-electron chi connectivity index (χ0n) is 19.5. The van der Waals surface area contributed by atoms with Gasteiger partial charge in [-0.2, -0.15) is 0 Å². The monoisotopic (exact) mass is 478 g/mol. The summed E-state index contributed by atoms with van der Waals surface area (Å²) < 4.78 is 13.1. The number of anilines is 1. The molecule has 0 unspecified atom stereocenters. The minimum absolute atomic E-state index is 0.282. The third kappa shape index (κ3) is 4.63. The van der Waals surface area contributed by atoms with Crippen LogP contribution < -0.4 is 14.4 Å². The van der Waals surface area contributed by atoms with Gasteiger partial charge >= 0.3 is 0 Å². The Kier molecular flexibility index (Phi) is 6.00. The fraction of sp³-hybridized carbons (Fsp3) is 0.360. The van der Waals surface area contributed by atoms with Gasteiger partial charge in [0.25, 0.3) is 5.88 Å². The summed E-state index contributed by atoms with van der Waals surface area (Å²) in [6.07, 6.45) is 5.65. The van der Waals surface area contributed by atoms with Gasteiger partial charge in [0, 0.05) is 19.3 Å². The van der Waals surface area contributed by atoms with Crippen LogP contribution in [-0.2, 0) is 6.54 Å². The van der Waals surface area contributed by atoms with Gasteiger partial charge in [-0.05, 0) is 48.1 Å². The number of aromatic nitrogens is 5. The molecule has 1 fully saturated rings. The Hall–Kier alpha value is -3.39. The summed E-state index contributed by atoms with van der Waals surface area (Å²) in [5.41, 5.74) is 2.63. The largest absolute Gasteiger partial charge is 0.497 e. The second-order valence-electron chi connectivity index (χ2n) is 9.25. The van der Waals surface area contributed by atoms with Crippen LogP contribution in [0.25, 0.3) is 11.2 Å². The zero-order valence-corrected chi connectivity index (χ0v) is 20.3. The van der Waals surface area contributed by atoms with Gasteiger partial charge in [0.2, 0.25) is 5.88 Å². The number of rotatable bonds is 6. The molecule has 4 heterocycles. The molecule has 1 aliphatic rings. The van der Waals surface area contributed by atoms with Gasteiger partial charge in [0.05, 0.1) is 19.9 Å². The van der Waals surface area contributed by atoms with E-state index >= 15 is 0 Å². The normalized spacial score (nSPS) is 15.5. The zero-order chi connectivity index (χ0) is 23.7. The average molecular weight is 479 g/mol. The Bertz CT molecular complexity index is 1290. The summed E-state index contributed by atoms with van der Waals surface area (Å²) in [7, 11) is 1.65. The number of halogens is 1. The van der Waals surface area contributed by atoms with Crippen molar-refractivity contribution in [3.8, 4) is 17.5 Å². The van der Waals surface area contributed by atoms with Gasteiger partial charge < -0.3 is 14.4 Å². The van der Waals surface area contributed by atoms with Crippen LogP contribution in [0.5, 0.6) is 17.5 Å². The molecule has 0 amide bonds. The predicted molar refractivity (Wildman–Crippen MR) is 132 cm³/mol. The van der Waals surface area contributed by atoms with Crippen LogP contribution in [0.3, 0.4) is 0 Å². The van der Waals surface area contributed by atoms with Crippen molar-refractivity contribution in [3.63, 3.8) is 0 Å². The number of methoxy groups -OCH3 is 1. The molecule has 0 aliphatic carbocycles. The SMILES string of the molecule is COc1ccc(Cn2nc(Oc3ncccc3Cl)c3ncc(N4CCC(C)(C)CC4)nc32)cc1. The van der Waals surface area contributed by atoms with Gasteiger partial charge in [-0.25, -0.2) is 19.6 Å². The van der Waals surface area contributed by atoms with E-state index in [0.717, 1.165) is 43.1 Å². The molecule has 8 nitrogen and oxygen atoms in total. The molecule has 1 saturated heterocycles.